The van der Waals surface area contributed by atoms with E-state index < -0.39 is 18.6 Å². The Balaban J connectivity index is 0. The van der Waals surface area contributed by atoms with Crippen LogP contribution in [0.15, 0.2) is 0 Å². The smallest absolute Gasteiger partial charge is 0.0824 e. The SMILES string of the molecule is [NH-]C(=O)CC(O)CO.[Y]. The van der Waals surface area contributed by atoms with Crippen molar-refractivity contribution in [1.29, 1.82) is 0 Å². The van der Waals surface area contributed by atoms with Crippen molar-refractivity contribution in [3.63, 3.8) is 0 Å². The van der Waals surface area contributed by atoms with Crippen LogP contribution in [0.25, 0.3) is 5.73 Å². The van der Waals surface area contributed by atoms with Crippen LogP contribution in [0.5, 0.6) is 0 Å². The van der Waals surface area contributed by atoms with Crippen LogP contribution in [0.2, 0.25) is 0 Å². The van der Waals surface area contributed by atoms with Crippen LogP contribution in [0.1, 0.15) is 6.42 Å². The number of hydrogen-bond donors (Lipinski definition) is 2. The van der Waals surface area contributed by atoms with E-state index in [0.29, 0.717) is 0 Å². The Hall–Kier alpha value is 0.494. The predicted octanol–water partition coefficient (Wildman–Crippen LogP) is -0.694. The van der Waals surface area contributed by atoms with Crippen LogP contribution in [0, 0.1) is 0 Å². The number of hydrogen-bond acceptors (Lipinski definition) is 3. The molecular formula is C4H8NO3Y-. The maximum absolute atomic E-state index is 9.81. The third-order valence-corrected chi connectivity index (χ3v) is 0.632. The van der Waals surface area contributed by atoms with Gasteiger partial charge in [-0.05, 0) is 0 Å². The summed E-state index contributed by atoms with van der Waals surface area (Å²) in [6, 6.07) is 0. The molecule has 0 aliphatic carbocycles. The van der Waals surface area contributed by atoms with Gasteiger partial charge in [0.2, 0.25) is 0 Å². The first-order valence-electron chi connectivity index (χ1n) is 2.20. The monoisotopic (exact) mass is 207 g/mol. The molecule has 0 aromatic carbocycles. The van der Waals surface area contributed by atoms with Gasteiger partial charge in [0.05, 0.1) is 18.6 Å². The molecular weight excluding hydrogens is 199 g/mol. The van der Waals surface area contributed by atoms with Gasteiger partial charge in [0.15, 0.2) is 0 Å². The molecule has 0 aliphatic rings. The summed E-state index contributed by atoms with van der Waals surface area (Å²) in [6.45, 7) is -0.454. The molecule has 1 unspecified atom stereocenters. The first-order valence-corrected chi connectivity index (χ1v) is 2.20. The minimum Gasteiger partial charge on any atom is -0.668 e. The molecule has 0 heterocycles. The van der Waals surface area contributed by atoms with E-state index in [4.69, 9.17) is 15.9 Å². The van der Waals surface area contributed by atoms with E-state index in [9.17, 15) is 4.79 Å². The second-order valence-corrected chi connectivity index (χ2v) is 1.46. The first kappa shape index (κ1) is 12.2. The molecule has 0 rings (SSSR count). The average molecular weight is 207 g/mol. The number of rotatable bonds is 3. The van der Waals surface area contributed by atoms with Crippen LogP contribution in [-0.2, 0) is 37.5 Å². The maximum atomic E-state index is 9.81. The van der Waals surface area contributed by atoms with E-state index >= 15 is 0 Å². The number of amides is 1. The molecule has 1 atom stereocenters. The fourth-order valence-corrected chi connectivity index (χ4v) is 0.279. The fraction of sp³-hybridized carbons (Fsp3) is 0.750. The zero-order valence-corrected chi connectivity index (χ0v) is 7.71. The van der Waals surface area contributed by atoms with Gasteiger partial charge in [-0.1, -0.05) is 0 Å². The van der Waals surface area contributed by atoms with Crippen molar-refractivity contribution < 1.29 is 47.7 Å². The summed E-state index contributed by atoms with van der Waals surface area (Å²) >= 11 is 0. The van der Waals surface area contributed by atoms with Gasteiger partial charge in [-0.15, -0.1) is 0 Å². The Morgan fingerprint density at radius 2 is 2.11 bits per heavy atom. The maximum Gasteiger partial charge on any atom is 0.0824 e. The summed E-state index contributed by atoms with van der Waals surface area (Å²) in [7, 11) is 0. The van der Waals surface area contributed by atoms with Crippen molar-refractivity contribution in [1.82, 2.24) is 0 Å². The van der Waals surface area contributed by atoms with Crippen molar-refractivity contribution in [3.05, 3.63) is 5.73 Å². The Labute approximate surface area is 78.3 Å². The topological polar surface area (TPSA) is 81.3 Å². The van der Waals surface area contributed by atoms with E-state index in [1.807, 2.05) is 0 Å². The number of aliphatic hydroxyl groups excluding tert-OH is 2. The molecule has 0 bridgehead atoms. The molecule has 0 aliphatic heterocycles. The summed E-state index contributed by atoms with van der Waals surface area (Å²) in [6.07, 6.45) is -1.34. The van der Waals surface area contributed by atoms with Crippen molar-refractivity contribution in [2.24, 2.45) is 0 Å². The Bertz CT molecular complexity index is 87.9. The van der Waals surface area contributed by atoms with Gasteiger partial charge in [0.25, 0.3) is 0 Å². The molecule has 0 aromatic heterocycles. The Morgan fingerprint density at radius 3 is 2.22 bits per heavy atom. The molecule has 9 heavy (non-hydrogen) atoms. The van der Waals surface area contributed by atoms with E-state index in [1.165, 1.54) is 0 Å². The van der Waals surface area contributed by atoms with Crippen molar-refractivity contribution in [2.75, 3.05) is 6.61 Å². The van der Waals surface area contributed by atoms with Crippen molar-refractivity contribution in [3.8, 4) is 0 Å². The van der Waals surface area contributed by atoms with Gasteiger partial charge in [-0.3, -0.25) is 0 Å². The van der Waals surface area contributed by atoms with Crippen LogP contribution in [0.3, 0.4) is 0 Å². The van der Waals surface area contributed by atoms with Gasteiger partial charge in [0, 0.05) is 39.1 Å². The van der Waals surface area contributed by atoms with Crippen LogP contribution in [0.4, 0.5) is 0 Å². The van der Waals surface area contributed by atoms with Gasteiger partial charge >= 0.3 is 0 Å². The van der Waals surface area contributed by atoms with Gasteiger partial charge in [-0.2, -0.15) is 0 Å². The molecule has 0 aromatic rings. The molecule has 0 spiro atoms. The third-order valence-electron chi connectivity index (χ3n) is 0.632. The van der Waals surface area contributed by atoms with Crippen LogP contribution >= 0.6 is 0 Å². The molecule has 0 fully saturated rings. The van der Waals surface area contributed by atoms with E-state index in [1.54, 1.807) is 0 Å². The molecule has 1 amide bonds. The Morgan fingerprint density at radius 1 is 1.67 bits per heavy atom. The van der Waals surface area contributed by atoms with Crippen molar-refractivity contribution >= 4 is 5.91 Å². The van der Waals surface area contributed by atoms with E-state index in [0.717, 1.165) is 0 Å². The molecule has 5 heteroatoms. The largest absolute Gasteiger partial charge is 0.668 e. The summed E-state index contributed by atoms with van der Waals surface area (Å²) in [5.74, 6) is -0.855. The normalized spacial score (nSPS) is 11.8. The summed E-state index contributed by atoms with van der Waals surface area (Å²) in [5, 5.41) is 16.5. The summed E-state index contributed by atoms with van der Waals surface area (Å²) in [4.78, 5) is 9.81. The van der Waals surface area contributed by atoms with E-state index in [2.05, 4.69) is 0 Å². The number of carbonyl (C=O) groups excluding carboxylic acids is 1. The average Bonchev–Trinajstić information content (AvgIpc) is 1.65. The standard InChI is InChI=1S/C4H9NO3.Y/c5-4(8)1-3(7)2-6;/h3,6-7H,1-2H2,(H2,5,8);/p-1. The molecule has 1 radical (unpaired) electrons. The molecule has 0 saturated heterocycles. The number of aliphatic hydroxyl groups is 2. The number of carbonyl (C=O) groups is 1. The van der Waals surface area contributed by atoms with Crippen LogP contribution in [-0.4, -0.2) is 28.8 Å². The molecule has 3 N–H and O–H groups in total. The second-order valence-electron chi connectivity index (χ2n) is 1.46. The minimum atomic E-state index is -1.06. The number of nitrogens with one attached hydrogen (secondary N) is 1. The van der Waals surface area contributed by atoms with Gasteiger partial charge < -0.3 is 20.7 Å². The Kier molecular flexibility index (Phi) is 8.96. The molecule has 51 valence electrons. The minimum absolute atomic E-state index is 0. The zero-order chi connectivity index (χ0) is 6.57. The second kappa shape index (κ2) is 6.61. The van der Waals surface area contributed by atoms with E-state index in [-0.39, 0.29) is 39.1 Å². The molecule has 0 saturated carbocycles. The summed E-state index contributed by atoms with van der Waals surface area (Å²) in [5.41, 5.74) is 6.30. The van der Waals surface area contributed by atoms with Crippen molar-refractivity contribution in [2.45, 2.75) is 12.5 Å². The van der Waals surface area contributed by atoms with Gasteiger partial charge in [-0.25, -0.2) is 0 Å². The fourth-order valence-electron chi connectivity index (χ4n) is 0.279. The predicted molar refractivity (Wildman–Crippen MR) is 27.0 cm³/mol. The zero-order valence-electron chi connectivity index (χ0n) is 4.87. The molecule has 4 nitrogen and oxygen atoms in total. The third kappa shape index (κ3) is 8.49. The first-order chi connectivity index (χ1) is 3.66. The quantitative estimate of drug-likeness (QED) is 0.642. The van der Waals surface area contributed by atoms with Gasteiger partial charge in [0.1, 0.15) is 0 Å². The summed E-state index contributed by atoms with van der Waals surface area (Å²) < 4.78 is 0. The van der Waals surface area contributed by atoms with Crippen LogP contribution < -0.4 is 0 Å².